The van der Waals surface area contributed by atoms with E-state index in [-0.39, 0.29) is 0 Å². The van der Waals surface area contributed by atoms with Crippen LogP contribution in [0.5, 0.6) is 0 Å². The second-order valence-corrected chi connectivity index (χ2v) is 7.00. The topological polar surface area (TPSA) is 46.0 Å². The van der Waals surface area contributed by atoms with Crippen LogP contribution in [0.1, 0.15) is 65.9 Å². The molecule has 1 rings (SSSR count). The van der Waals surface area contributed by atoms with E-state index < -0.39 is 0 Å². The van der Waals surface area contributed by atoms with Gasteiger partial charge in [0.05, 0.1) is 12.3 Å². The lowest BCUT2D eigenvalue weighted by Crippen LogP contribution is -2.19. The maximum Gasteiger partial charge on any atom is 0.227 e. The summed E-state index contributed by atoms with van der Waals surface area (Å²) in [4.78, 5) is 8.96. The number of guanidine groups is 1. The fourth-order valence-corrected chi connectivity index (χ4v) is 2.51. The summed E-state index contributed by atoms with van der Waals surface area (Å²) in [6.45, 7) is 15.6. The Bertz CT molecular complexity index is 598. The van der Waals surface area contributed by atoms with Gasteiger partial charge >= 0.3 is 0 Å². The van der Waals surface area contributed by atoms with Crippen molar-refractivity contribution in [2.45, 2.75) is 66.9 Å². The van der Waals surface area contributed by atoms with Gasteiger partial charge in [0, 0.05) is 18.0 Å². The molecule has 1 atom stereocenters. The summed E-state index contributed by atoms with van der Waals surface area (Å²) < 4.78 is 5.91. The Morgan fingerprint density at radius 3 is 2.38 bits per heavy atom. The zero-order valence-corrected chi connectivity index (χ0v) is 17.1. The number of rotatable bonds is 10. The molecule has 0 aromatic heterocycles. The van der Waals surface area contributed by atoms with Crippen LogP contribution < -0.4 is 5.32 Å². The highest BCUT2D eigenvalue weighted by Crippen LogP contribution is 2.16. The minimum atomic E-state index is 0.559. The summed E-state index contributed by atoms with van der Waals surface area (Å²) in [7, 11) is 0. The zero-order valence-electron chi connectivity index (χ0n) is 17.1. The molecule has 4 nitrogen and oxygen atoms in total. The molecule has 0 aliphatic carbocycles. The maximum absolute atomic E-state index is 5.91. The molecule has 1 aromatic carbocycles. The molecular weight excluding hydrogens is 322 g/mol. The highest BCUT2D eigenvalue weighted by atomic mass is 16.5. The van der Waals surface area contributed by atoms with Crippen molar-refractivity contribution in [1.82, 2.24) is 5.32 Å². The minimum Gasteiger partial charge on any atom is -0.376 e. The molecule has 1 aromatic rings. The lowest BCUT2D eigenvalue weighted by atomic mass is 10.0. The van der Waals surface area contributed by atoms with Crippen molar-refractivity contribution in [2.24, 2.45) is 15.9 Å². The first kappa shape index (κ1) is 22.1. The van der Waals surface area contributed by atoms with Crippen molar-refractivity contribution in [3.63, 3.8) is 0 Å². The van der Waals surface area contributed by atoms with Crippen LogP contribution in [-0.2, 0) is 11.3 Å². The largest absolute Gasteiger partial charge is 0.376 e. The van der Waals surface area contributed by atoms with Crippen LogP contribution in [0.3, 0.4) is 0 Å². The Kier molecular flexibility index (Phi) is 10.6. The molecule has 0 spiro atoms. The predicted octanol–water partition coefficient (Wildman–Crippen LogP) is 6.01. The number of benzene rings is 1. The fraction of sp³-hybridized carbons (Fsp3) is 0.545. The van der Waals surface area contributed by atoms with Gasteiger partial charge in [0.15, 0.2) is 0 Å². The van der Waals surface area contributed by atoms with Gasteiger partial charge in [-0.15, -0.1) is 0 Å². The van der Waals surface area contributed by atoms with Gasteiger partial charge in [-0.2, -0.15) is 0 Å². The molecule has 0 radical (unpaired) electrons. The van der Waals surface area contributed by atoms with Crippen molar-refractivity contribution in [3.8, 4) is 0 Å². The van der Waals surface area contributed by atoms with Crippen molar-refractivity contribution in [3.05, 3.63) is 42.1 Å². The van der Waals surface area contributed by atoms with Gasteiger partial charge < -0.3 is 10.1 Å². The summed E-state index contributed by atoms with van der Waals surface area (Å²) in [5.74, 6) is 1.23. The number of ether oxygens (including phenoxy) is 1. The van der Waals surface area contributed by atoms with Gasteiger partial charge in [-0.25, -0.2) is 9.98 Å². The molecule has 1 N–H and O–H groups in total. The smallest absolute Gasteiger partial charge is 0.227 e. The molecule has 4 heteroatoms. The lowest BCUT2D eigenvalue weighted by Gasteiger charge is -2.14. The molecule has 0 aliphatic heterocycles. The number of hydrogen-bond donors (Lipinski definition) is 1. The van der Waals surface area contributed by atoms with Crippen LogP contribution in [0.2, 0.25) is 0 Å². The number of nitrogens with zero attached hydrogens (tertiary/aromatic N) is 2. The third-order valence-electron chi connectivity index (χ3n) is 3.99. The van der Waals surface area contributed by atoms with Crippen LogP contribution in [0.15, 0.2) is 46.5 Å². The second-order valence-electron chi connectivity index (χ2n) is 7.00. The van der Waals surface area contributed by atoms with Crippen molar-refractivity contribution in [1.29, 1.82) is 0 Å². The Balaban J connectivity index is 2.62. The molecular formula is C22H35N3O. The summed E-state index contributed by atoms with van der Waals surface area (Å²) in [6.07, 6.45) is 4.98. The standard InChI is InChI=1S/C22H35N3O/c1-7-9-10-19(8-2)15-26-16-20-11-13-21(14-12-20)25-22(23-17(3)4)24-18(5)6/h11-14,19H,3,7-10,15-16H2,1-2,4-6H3,(H,23,25). The monoisotopic (exact) mass is 357 g/mol. The van der Waals surface area contributed by atoms with Crippen molar-refractivity contribution in [2.75, 3.05) is 6.61 Å². The Labute approximate surface area is 159 Å². The fourth-order valence-electron chi connectivity index (χ4n) is 2.51. The van der Waals surface area contributed by atoms with Gasteiger partial charge in [-0.3, -0.25) is 0 Å². The molecule has 0 heterocycles. The number of aliphatic imine (C=N–C) groups is 2. The molecule has 144 valence electrons. The van der Waals surface area contributed by atoms with Crippen LogP contribution in [0.25, 0.3) is 0 Å². The zero-order chi connectivity index (χ0) is 19.4. The quantitative estimate of drug-likeness (QED) is 0.411. The molecule has 0 amide bonds. The van der Waals surface area contributed by atoms with E-state index in [1.165, 1.54) is 31.2 Å². The summed E-state index contributed by atoms with van der Waals surface area (Å²) in [5.41, 5.74) is 3.78. The molecule has 26 heavy (non-hydrogen) atoms. The van der Waals surface area contributed by atoms with Crippen LogP contribution in [-0.4, -0.2) is 18.3 Å². The summed E-state index contributed by atoms with van der Waals surface area (Å²) in [6, 6.07) is 8.11. The van der Waals surface area contributed by atoms with Gasteiger partial charge in [0.25, 0.3) is 0 Å². The second kappa shape index (κ2) is 12.4. The number of unbranched alkanes of at least 4 members (excludes halogenated alkanes) is 1. The number of hydrogen-bond acceptors (Lipinski definition) is 2. The van der Waals surface area contributed by atoms with Gasteiger partial charge in [0.2, 0.25) is 5.96 Å². The van der Waals surface area contributed by atoms with E-state index >= 15 is 0 Å². The molecule has 0 aliphatic rings. The van der Waals surface area contributed by atoms with Crippen LogP contribution in [0, 0.1) is 5.92 Å². The highest BCUT2D eigenvalue weighted by Gasteiger charge is 2.06. The first-order valence-corrected chi connectivity index (χ1v) is 9.64. The van der Waals surface area contributed by atoms with E-state index in [0.717, 1.165) is 23.7 Å². The maximum atomic E-state index is 5.91. The van der Waals surface area contributed by atoms with Gasteiger partial charge in [0.1, 0.15) is 0 Å². The van der Waals surface area contributed by atoms with E-state index in [0.29, 0.717) is 18.5 Å². The molecule has 0 bridgehead atoms. The van der Waals surface area contributed by atoms with Gasteiger partial charge in [-0.1, -0.05) is 51.8 Å². The first-order chi connectivity index (χ1) is 12.4. The van der Waals surface area contributed by atoms with E-state index in [2.05, 4.69) is 47.9 Å². The Morgan fingerprint density at radius 1 is 1.15 bits per heavy atom. The number of allylic oxidation sites excluding steroid dienone is 1. The predicted molar refractivity (Wildman–Crippen MR) is 113 cm³/mol. The first-order valence-electron chi connectivity index (χ1n) is 9.64. The lowest BCUT2D eigenvalue weighted by molar-refractivity contribution is 0.0820. The number of nitrogens with one attached hydrogen (secondary N) is 1. The van der Waals surface area contributed by atoms with Crippen LogP contribution in [0.4, 0.5) is 5.69 Å². The van der Waals surface area contributed by atoms with Crippen molar-refractivity contribution < 1.29 is 4.74 Å². The van der Waals surface area contributed by atoms with E-state index in [9.17, 15) is 0 Å². The van der Waals surface area contributed by atoms with E-state index in [4.69, 9.17) is 4.74 Å². The third kappa shape index (κ3) is 9.52. The molecule has 0 saturated carbocycles. The summed E-state index contributed by atoms with van der Waals surface area (Å²) in [5, 5.41) is 3.09. The van der Waals surface area contributed by atoms with E-state index in [1.54, 1.807) is 0 Å². The highest BCUT2D eigenvalue weighted by molar-refractivity contribution is 5.96. The molecule has 0 saturated heterocycles. The van der Waals surface area contributed by atoms with E-state index in [1.807, 2.05) is 32.9 Å². The third-order valence-corrected chi connectivity index (χ3v) is 3.99. The minimum absolute atomic E-state index is 0.559. The van der Waals surface area contributed by atoms with Gasteiger partial charge in [-0.05, 0) is 50.8 Å². The SMILES string of the molecule is C=C(C)NC(N=C(C)C)=Nc1ccc(COCC(CC)CCCC)cc1. The molecule has 0 fully saturated rings. The Morgan fingerprint density at radius 2 is 1.85 bits per heavy atom. The van der Waals surface area contributed by atoms with Crippen LogP contribution >= 0.6 is 0 Å². The average molecular weight is 358 g/mol. The van der Waals surface area contributed by atoms with Crippen molar-refractivity contribution >= 4 is 17.4 Å². The summed E-state index contributed by atoms with van der Waals surface area (Å²) >= 11 is 0. The normalized spacial score (nSPS) is 12.6. The Hall–Kier alpha value is -1.94. The average Bonchev–Trinajstić information content (AvgIpc) is 2.58. The molecule has 1 unspecified atom stereocenters.